The smallest absolute Gasteiger partial charge is 0.240 e. The van der Waals surface area contributed by atoms with Gasteiger partial charge in [-0.25, -0.2) is 0 Å². The van der Waals surface area contributed by atoms with Crippen LogP contribution in [0.2, 0.25) is 0 Å². The molecule has 1 atom stereocenters. The summed E-state index contributed by atoms with van der Waals surface area (Å²) < 4.78 is 4.79. The van der Waals surface area contributed by atoms with Crippen LogP contribution in [0.25, 0.3) is 0 Å². The van der Waals surface area contributed by atoms with E-state index >= 15 is 0 Å². The second-order valence-corrected chi connectivity index (χ2v) is 7.49. The average Bonchev–Trinajstić information content (AvgIpc) is 3.24. The third-order valence-corrected chi connectivity index (χ3v) is 5.65. The van der Waals surface area contributed by atoms with Crippen molar-refractivity contribution in [2.45, 2.75) is 31.8 Å². The highest BCUT2D eigenvalue weighted by molar-refractivity contribution is 5.83. The Morgan fingerprint density at radius 2 is 1.86 bits per heavy atom. The highest BCUT2D eigenvalue weighted by atomic mass is 16.5. The Balaban J connectivity index is 1.31. The molecule has 1 unspecified atom stereocenters. The van der Waals surface area contributed by atoms with Crippen molar-refractivity contribution in [3.8, 4) is 0 Å². The Bertz CT molecular complexity index is 785. The Morgan fingerprint density at radius 1 is 1.07 bits per heavy atom. The lowest BCUT2D eigenvalue weighted by atomic mass is 10.0. The molecule has 0 spiro atoms. The molecule has 0 radical (unpaired) electrons. The first-order chi connectivity index (χ1) is 13.7. The van der Waals surface area contributed by atoms with E-state index in [4.69, 9.17) is 4.52 Å². The quantitative estimate of drug-likeness (QED) is 0.785. The number of amides is 2. The van der Waals surface area contributed by atoms with E-state index in [1.165, 1.54) is 11.8 Å². The van der Waals surface area contributed by atoms with Crippen molar-refractivity contribution in [1.29, 1.82) is 0 Å². The molecule has 7 nitrogen and oxygen atoms in total. The third-order valence-electron chi connectivity index (χ3n) is 5.65. The number of piperazine rings is 1. The molecule has 0 aliphatic carbocycles. The summed E-state index contributed by atoms with van der Waals surface area (Å²) in [6, 6.07) is 11.8. The van der Waals surface area contributed by atoms with Gasteiger partial charge in [-0.3, -0.25) is 14.5 Å². The van der Waals surface area contributed by atoms with Crippen LogP contribution in [0, 0.1) is 0 Å². The predicted octanol–water partition coefficient (Wildman–Crippen LogP) is 1.55. The minimum Gasteiger partial charge on any atom is -0.364 e. The standard InChI is InChI=1S/C21H26N4O3/c26-20(15-18-8-14-28-22-18)24-12-10-23(11-13-24)19-7-4-9-25(21(19)27)16-17-5-2-1-3-6-17/h1-3,5-6,8,14,19H,4,7,9-13,15-16H2. The molecule has 1 aromatic heterocycles. The second-order valence-electron chi connectivity index (χ2n) is 7.49. The van der Waals surface area contributed by atoms with E-state index in [0.29, 0.717) is 25.3 Å². The minimum atomic E-state index is -0.0646. The van der Waals surface area contributed by atoms with E-state index in [1.54, 1.807) is 6.07 Å². The van der Waals surface area contributed by atoms with Crippen LogP contribution in [0.3, 0.4) is 0 Å². The molecule has 2 aliphatic rings. The average molecular weight is 382 g/mol. The van der Waals surface area contributed by atoms with Crippen molar-refractivity contribution in [3.05, 3.63) is 53.9 Å². The van der Waals surface area contributed by atoms with E-state index in [-0.39, 0.29) is 24.3 Å². The molecule has 2 saturated heterocycles. The van der Waals surface area contributed by atoms with Gasteiger partial charge in [0.05, 0.1) is 18.2 Å². The molecule has 7 heteroatoms. The fourth-order valence-electron chi connectivity index (χ4n) is 4.10. The topological polar surface area (TPSA) is 69.9 Å². The number of rotatable bonds is 5. The molecule has 2 amide bonds. The summed E-state index contributed by atoms with van der Waals surface area (Å²) >= 11 is 0. The number of aromatic nitrogens is 1. The molecule has 0 N–H and O–H groups in total. The van der Waals surface area contributed by atoms with Crippen LogP contribution in [-0.4, -0.2) is 70.4 Å². The molecular formula is C21H26N4O3. The van der Waals surface area contributed by atoms with E-state index in [1.807, 2.05) is 28.0 Å². The van der Waals surface area contributed by atoms with Crippen molar-refractivity contribution >= 4 is 11.8 Å². The van der Waals surface area contributed by atoms with Crippen LogP contribution in [0.1, 0.15) is 24.1 Å². The maximum absolute atomic E-state index is 13.0. The maximum atomic E-state index is 13.0. The van der Waals surface area contributed by atoms with Crippen molar-refractivity contribution in [1.82, 2.24) is 19.9 Å². The number of nitrogens with zero attached hydrogens (tertiary/aromatic N) is 4. The highest BCUT2D eigenvalue weighted by Crippen LogP contribution is 2.21. The van der Waals surface area contributed by atoms with E-state index in [9.17, 15) is 9.59 Å². The van der Waals surface area contributed by atoms with Crippen LogP contribution >= 0.6 is 0 Å². The summed E-state index contributed by atoms with van der Waals surface area (Å²) in [4.78, 5) is 31.5. The molecule has 4 rings (SSSR count). The summed E-state index contributed by atoms with van der Waals surface area (Å²) in [6.45, 7) is 4.27. The molecule has 3 heterocycles. The van der Waals surface area contributed by atoms with Gasteiger partial charge in [0.15, 0.2) is 0 Å². The SMILES string of the molecule is O=C(Cc1ccon1)N1CCN(C2CCCN(Cc3ccccc3)C2=O)CC1. The fraction of sp³-hybridized carbons (Fsp3) is 0.476. The minimum absolute atomic E-state index is 0.0641. The van der Waals surface area contributed by atoms with Gasteiger partial charge in [-0.05, 0) is 18.4 Å². The van der Waals surface area contributed by atoms with Gasteiger partial charge < -0.3 is 14.3 Å². The second kappa shape index (κ2) is 8.56. The van der Waals surface area contributed by atoms with Crippen molar-refractivity contribution in [2.75, 3.05) is 32.7 Å². The summed E-state index contributed by atoms with van der Waals surface area (Å²) in [5.74, 6) is 0.284. The molecule has 2 aromatic rings. The van der Waals surface area contributed by atoms with Gasteiger partial charge in [-0.1, -0.05) is 35.5 Å². The number of benzene rings is 1. The Labute approximate surface area is 164 Å². The Hall–Kier alpha value is -2.67. The van der Waals surface area contributed by atoms with E-state index in [0.717, 1.165) is 32.5 Å². The maximum Gasteiger partial charge on any atom is 0.240 e. The van der Waals surface area contributed by atoms with Gasteiger partial charge in [0.1, 0.15) is 6.26 Å². The predicted molar refractivity (Wildman–Crippen MR) is 103 cm³/mol. The van der Waals surface area contributed by atoms with Gasteiger partial charge in [0.2, 0.25) is 11.8 Å². The molecule has 0 bridgehead atoms. The van der Waals surface area contributed by atoms with Crippen LogP contribution in [0.5, 0.6) is 0 Å². The van der Waals surface area contributed by atoms with Crippen molar-refractivity contribution in [3.63, 3.8) is 0 Å². The number of carbonyl (C=O) groups excluding carboxylic acids is 2. The molecule has 28 heavy (non-hydrogen) atoms. The van der Waals surface area contributed by atoms with Gasteiger partial charge >= 0.3 is 0 Å². The zero-order valence-electron chi connectivity index (χ0n) is 16.0. The number of piperidine rings is 1. The normalized spacial score (nSPS) is 21.1. The zero-order valence-corrected chi connectivity index (χ0v) is 16.0. The summed E-state index contributed by atoms with van der Waals surface area (Å²) in [7, 11) is 0. The number of hydrogen-bond acceptors (Lipinski definition) is 5. The number of hydrogen-bond donors (Lipinski definition) is 0. The van der Waals surface area contributed by atoms with E-state index < -0.39 is 0 Å². The lowest BCUT2D eigenvalue weighted by Gasteiger charge is -2.42. The molecular weight excluding hydrogens is 356 g/mol. The van der Waals surface area contributed by atoms with Gasteiger partial charge in [0.25, 0.3) is 0 Å². The molecule has 2 fully saturated rings. The third kappa shape index (κ3) is 4.25. The molecule has 148 valence electrons. The first-order valence-corrected chi connectivity index (χ1v) is 9.94. The van der Waals surface area contributed by atoms with E-state index in [2.05, 4.69) is 22.2 Å². The van der Waals surface area contributed by atoms with Gasteiger partial charge in [-0.2, -0.15) is 0 Å². The fourth-order valence-corrected chi connectivity index (χ4v) is 4.10. The number of carbonyl (C=O) groups is 2. The van der Waals surface area contributed by atoms with Gasteiger partial charge in [0, 0.05) is 45.3 Å². The van der Waals surface area contributed by atoms with Crippen LogP contribution in [0.15, 0.2) is 47.2 Å². The van der Waals surface area contributed by atoms with Crippen LogP contribution in [0.4, 0.5) is 0 Å². The van der Waals surface area contributed by atoms with Gasteiger partial charge in [-0.15, -0.1) is 0 Å². The summed E-state index contributed by atoms with van der Waals surface area (Å²) in [6.07, 6.45) is 3.67. The van der Waals surface area contributed by atoms with Crippen LogP contribution < -0.4 is 0 Å². The first-order valence-electron chi connectivity index (χ1n) is 9.94. The monoisotopic (exact) mass is 382 g/mol. The zero-order chi connectivity index (χ0) is 19.3. The molecule has 1 aromatic carbocycles. The molecule has 2 aliphatic heterocycles. The van der Waals surface area contributed by atoms with Crippen molar-refractivity contribution < 1.29 is 14.1 Å². The summed E-state index contributed by atoms with van der Waals surface area (Å²) in [5.41, 5.74) is 1.83. The van der Waals surface area contributed by atoms with Crippen LogP contribution in [-0.2, 0) is 22.6 Å². The lowest BCUT2D eigenvalue weighted by Crippen LogP contribution is -2.58. The Kier molecular flexibility index (Phi) is 5.71. The number of likely N-dealkylation sites (tertiary alicyclic amines) is 1. The van der Waals surface area contributed by atoms with Crippen molar-refractivity contribution in [2.24, 2.45) is 0 Å². The Morgan fingerprint density at radius 3 is 2.57 bits per heavy atom. The largest absolute Gasteiger partial charge is 0.364 e. The lowest BCUT2D eigenvalue weighted by molar-refractivity contribution is -0.142. The molecule has 0 saturated carbocycles. The summed E-state index contributed by atoms with van der Waals surface area (Å²) in [5, 5.41) is 3.81. The highest BCUT2D eigenvalue weighted by Gasteiger charge is 2.35. The first kappa shape index (κ1) is 18.7.